The van der Waals surface area contributed by atoms with Gasteiger partial charge in [-0.3, -0.25) is 0 Å². The molecule has 0 spiro atoms. The minimum atomic E-state index is -2.89. The van der Waals surface area contributed by atoms with E-state index in [-0.39, 0.29) is 24.4 Å². The molecule has 0 radical (unpaired) electrons. The molecule has 3 rings (SSSR count). The summed E-state index contributed by atoms with van der Waals surface area (Å²) in [5.41, 5.74) is -0.278. The molecule has 2 unspecified atom stereocenters. The van der Waals surface area contributed by atoms with E-state index in [1.807, 2.05) is 13.8 Å². The molecule has 172 valence electrons. The highest BCUT2D eigenvalue weighted by atomic mass is 19.3. The van der Waals surface area contributed by atoms with E-state index in [0.29, 0.717) is 18.1 Å². The molecule has 0 N–H and O–H groups in total. The third-order valence-corrected chi connectivity index (χ3v) is 6.55. The van der Waals surface area contributed by atoms with E-state index in [2.05, 4.69) is 6.92 Å². The van der Waals surface area contributed by atoms with Crippen molar-refractivity contribution in [3.63, 3.8) is 0 Å². The number of rotatable bonds is 7. The van der Waals surface area contributed by atoms with Gasteiger partial charge in [-0.2, -0.15) is 0 Å². The van der Waals surface area contributed by atoms with Gasteiger partial charge >= 0.3 is 0 Å². The molecule has 1 aromatic carbocycles. The summed E-state index contributed by atoms with van der Waals surface area (Å²) in [7, 11) is 0. The number of alkyl halides is 2. The molecule has 1 saturated carbocycles. The Morgan fingerprint density at radius 1 is 1.03 bits per heavy atom. The van der Waals surface area contributed by atoms with Crippen LogP contribution in [0.25, 0.3) is 0 Å². The molecule has 1 aromatic rings. The minimum absolute atomic E-state index is 0.0582. The highest BCUT2D eigenvalue weighted by Crippen LogP contribution is 2.41. The van der Waals surface area contributed by atoms with E-state index in [9.17, 15) is 13.2 Å². The van der Waals surface area contributed by atoms with Crippen molar-refractivity contribution in [2.75, 3.05) is 13.2 Å². The summed E-state index contributed by atoms with van der Waals surface area (Å²) in [6.07, 6.45) is 6.59. The highest BCUT2D eigenvalue weighted by molar-refractivity contribution is 5.41. The summed E-state index contributed by atoms with van der Waals surface area (Å²) in [4.78, 5) is 0. The van der Waals surface area contributed by atoms with Crippen molar-refractivity contribution >= 4 is 0 Å². The maximum Gasteiger partial charge on any atom is 0.270 e. The molecule has 30 heavy (non-hydrogen) atoms. The Hall–Kier alpha value is -1.23. The average Bonchev–Trinajstić information content (AvgIpc) is 2.76. The first kappa shape index (κ1) is 25.0. The van der Waals surface area contributed by atoms with Gasteiger partial charge in [-0.15, -0.1) is 0 Å². The number of benzene rings is 1. The van der Waals surface area contributed by atoms with Crippen molar-refractivity contribution in [3.8, 4) is 5.75 Å². The van der Waals surface area contributed by atoms with Gasteiger partial charge in [0.15, 0.2) is 0 Å². The Morgan fingerprint density at radius 2 is 1.73 bits per heavy atom. The summed E-state index contributed by atoms with van der Waals surface area (Å²) >= 11 is 0. The Balaban J connectivity index is 0.00000155. The van der Waals surface area contributed by atoms with E-state index in [1.165, 1.54) is 44.6 Å². The van der Waals surface area contributed by atoms with Crippen molar-refractivity contribution in [1.82, 2.24) is 0 Å². The number of halogens is 3. The second-order valence-electron chi connectivity index (χ2n) is 8.33. The van der Waals surface area contributed by atoms with Gasteiger partial charge in [-0.05, 0) is 56.1 Å². The van der Waals surface area contributed by atoms with Crippen molar-refractivity contribution in [1.29, 1.82) is 0 Å². The van der Waals surface area contributed by atoms with Crippen LogP contribution in [-0.4, -0.2) is 19.3 Å². The van der Waals surface area contributed by atoms with Crippen LogP contribution in [0, 0.1) is 17.7 Å². The maximum absolute atomic E-state index is 14.8. The monoisotopic (exact) mass is 428 g/mol. The van der Waals surface area contributed by atoms with Gasteiger partial charge in [0, 0.05) is 5.92 Å². The van der Waals surface area contributed by atoms with E-state index in [1.54, 1.807) is 13.0 Å². The van der Waals surface area contributed by atoms with E-state index in [0.717, 1.165) is 18.8 Å². The Bertz CT molecular complexity index is 619. The summed E-state index contributed by atoms with van der Waals surface area (Å²) in [6.45, 7) is 8.59. The van der Waals surface area contributed by atoms with Gasteiger partial charge in [0.1, 0.15) is 11.6 Å². The van der Waals surface area contributed by atoms with Crippen molar-refractivity contribution < 1.29 is 22.6 Å². The van der Waals surface area contributed by atoms with Crippen molar-refractivity contribution in [3.05, 3.63) is 29.1 Å². The minimum Gasteiger partial charge on any atom is -0.493 e. The molecule has 5 heteroatoms. The smallest absolute Gasteiger partial charge is 0.270 e. The van der Waals surface area contributed by atoms with Gasteiger partial charge < -0.3 is 9.47 Å². The molecule has 0 aromatic heterocycles. The molecule has 0 amide bonds. The number of hydrogen-bond donors (Lipinski definition) is 0. The average molecular weight is 429 g/mol. The first-order valence-corrected chi connectivity index (χ1v) is 11.9. The highest BCUT2D eigenvalue weighted by Gasteiger charge is 2.34. The predicted molar refractivity (Wildman–Crippen MR) is 116 cm³/mol. The molecule has 0 bridgehead atoms. The van der Waals surface area contributed by atoms with Crippen molar-refractivity contribution in [2.45, 2.75) is 97.5 Å². The lowest BCUT2D eigenvalue weighted by atomic mass is 9.75. The number of hydrogen-bond acceptors (Lipinski definition) is 2. The Morgan fingerprint density at radius 3 is 2.27 bits per heavy atom. The molecular formula is C25H39F3O2. The molecule has 1 heterocycles. The van der Waals surface area contributed by atoms with Crippen LogP contribution >= 0.6 is 0 Å². The quantitative estimate of drug-likeness (QED) is 0.437. The molecule has 2 fully saturated rings. The fourth-order valence-electron chi connectivity index (χ4n) is 5.04. The molecule has 2 atom stereocenters. The SMILES string of the molecule is CC.CCCC1CCC(C2CCC(c3ccc(OCC)c(C(F)F)c3F)CO2)CC1. The largest absolute Gasteiger partial charge is 0.493 e. The van der Waals surface area contributed by atoms with Gasteiger partial charge in [-0.1, -0.05) is 52.5 Å². The maximum atomic E-state index is 14.8. The van der Waals surface area contributed by atoms with E-state index in [4.69, 9.17) is 9.47 Å². The normalized spacial score (nSPS) is 26.8. The van der Waals surface area contributed by atoms with Crippen LogP contribution in [0.5, 0.6) is 5.75 Å². The summed E-state index contributed by atoms with van der Waals surface area (Å²) in [6, 6.07) is 3.07. The summed E-state index contributed by atoms with van der Waals surface area (Å²) in [5, 5.41) is 0. The zero-order valence-electron chi connectivity index (χ0n) is 19.1. The number of ether oxygens (including phenoxy) is 2. The summed E-state index contributed by atoms with van der Waals surface area (Å²) in [5.74, 6) is 0.408. The lowest BCUT2D eigenvalue weighted by molar-refractivity contribution is -0.0440. The van der Waals surface area contributed by atoms with Crippen LogP contribution in [-0.2, 0) is 4.74 Å². The van der Waals surface area contributed by atoms with Gasteiger partial charge in [-0.25, -0.2) is 13.2 Å². The second kappa shape index (κ2) is 12.6. The lowest BCUT2D eigenvalue weighted by Gasteiger charge is -2.38. The fourth-order valence-corrected chi connectivity index (χ4v) is 5.04. The molecule has 1 aliphatic carbocycles. The second-order valence-corrected chi connectivity index (χ2v) is 8.33. The van der Waals surface area contributed by atoms with Gasteiger partial charge in [0.2, 0.25) is 0 Å². The van der Waals surface area contributed by atoms with Crippen LogP contribution in [0.3, 0.4) is 0 Å². The predicted octanol–water partition coefficient (Wildman–Crippen LogP) is 8.06. The van der Waals surface area contributed by atoms with Crippen LogP contribution in [0.15, 0.2) is 12.1 Å². The molecule has 1 saturated heterocycles. The standard InChI is InChI=1S/C23H33F3O2.C2H6/c1-3-5-15-6-8-16(9-7-15)19-12-10-17(14-28-19)18-11-13-20(27-4-2)21(22(18)24)23(25)26;1-2/h11,13,15-17,19,23H,3-10,12,14H2,1-2H3;1-2H3. The Labute approximate surface area is 180 Å². The van der Waals surface area contributed by atoms with Crippen LogP contribution < -0.4 is 4.74 Å². The fraction of sp³-hybridized carbons (Fsp3) is 0.760. The van der Waals surface area contributed by atoms with Gasteiger partial charge in [0.05, 0.1) is 24.9 Å². The molecule has 2 nitrogen and oxygen atoms in total. The van der Waals surface area contributed by atoms with Gasteiger partial charge in [0.25, 0.3) is 6.43 Å². The zero-order valence-corrected chi connectivity index (χ0v) is 19.1. The van der Waals surface area contributed by atoms with E-state index < -0.39 is 17.8 Å². The molecule has 1 aliphatic heterocycles. The zero-order chi connectivity index (χ0) is 22.1. The van der Waals surface area contributed by atoms with Crippen LogP contribution in [0.2, 0.25) is 0 Å². The topological polar surface area (TPSA) is 18.5 Å². The Kier molecular flexibility index (Phi) is 10.5. The molecular weight excluding hydrogens is 389 g/mol. The first-order valence-electron chi connectivity index (χ1n) is 11.9. The molecule has 2 aliphatic rings. The van der Waals surface area contributed by atoms with Crippen molar-refractivity contribution in [2.24, 2.45) is 11.8 Å². The lowest BCUT2D eigenvalue weighted by Crippen LogP contribution is -2.33. The first-order chi connectivity index (χ1) is 14.5. The van der Waals surface area contributed by atoms with Crippen LogP contribution in [0.1, 0.15) is 103 Å². The van der Waals surface area contributed by atoms with E-state index >= 15 is 0 Å². The van der Waals surface area contributed by atoms with Crippen LogP contribution in [0.4, 0.5) is 13.2 Å². The summed E-state index contributed by atoms with van der Waals surface area (Å²) < 4.78 is 53.0. The third kappa shape index (κ3) is 6.15. The third-order valence-electron chi connectivity index (χ3n) is 6.55.